The topological polar surface area (TPSA) is 63.4 Å². The molecule has 0 unspecified atom stereocenters. The second kappa shape index (κ2) is 4.27. The van der Waals surface area contributed by atoms with E-state index in [2.05, 4.69) is 0 Å². The Bertz CT molecular complexity index is 537. The van der Waals surface area contributed by atoms with Crippen LogP contribution in [-0.4, -0.2) is 25.8 Å². The third kappa shape index (κ3) is 2.14. The number of aryl methyl sites for hydroxylation is 1. The second-order valence-corrected chi connectivity index (χ2v) is 6.16. The van der Waals surface area contributed by atoms with Crippen molar-refractivity contribution in [1.82, 2.24) is 4.31 Å². The fourth-order valence-corrected chi connectivity index (χ4v) is 3.77. The molecule has 94 valence electrons. The number of nitrogens with two attached hydrogens (primary N) is 1. The largest absolute Gasteiger partial charge is 0.396 e. The summed E-state index contributed by atoms with van der Waals surface area (Å²) in [5.74, 6) is -0.581. The maximum Gasteiger partial charge on any atom is 0.243 e. The molecule has 0 saturated carbocycles. The van der Waals surface area contributed by atoms with E-state index < -0.39 is 15.8 Å². The minimum atomic E-state index is -3.52. The summed E-state index contributed by atoms with van der Waals surface area (Å²) in [5, 5.41) is 0. The highest BCUT2D eigenvalue weighted by Crippen LogP contribution is 2.26. The monoisotopic (exact) mass is 258 g/mol. The van der Waals surface area contributed by atoms with Crippen LogP contribution < -0.4 is 5.73 Å². The Labute approximate surface area is 100 Å². The third-order valence-corrected chi connectivity index (χ3v) is 5.02. The van der Waals surface area contributed by atoms with Crippen LogP contribution in [0.4, 0.5) is 10.1 Å². The molecule has 4 nitrogen and oxygen atoms in total. The van der Waals surface area contributed by atoms with Gasteiger partial charge in [-0.15, -0.1) is 0 Å². The Morgan fingerprint density at radius 1 is 1.29 bits per heavy atom. The van der Waals surface area contributed by atoms with Crippen molar-refractivity contribution in [3.8, 4) is 0 Å². The lowest BCUT2D eigenvalue weighted by molar-refractivity contribution is 0.477. The SMILES string of the molecule is Cc1cc(F)c(N)cc1S(=O)(=O)N1CCCC1. The van der Waals surface area contributed by atoms with Gasteiger partial charge in [0.05, 0.1) is 10.6 Å². The maximum absolute atomic E-state index is 13.2. The van der Waals surface area contributed by atoms with Gasteiger partial charge in [-0.25, -0.2) is 12.8 Å². The van der Waals surface area contributed by atoms with E-state index in [0.717, 1.165) is 18.9 Å². The van der Waals surface area contributed by atoms with Gasteiger partial charge in [0.25, 0.3) is 0 Å². The van der Waals surface area contributed by atoms with Crippen molar-refractivity contribution >= 4 is 15.7 Å². The van der Waals surface area contributed by atoms with E-state index in [9.17, 15) is 12.8 Å². The molecule has 1 aliphatic heterocycles. The highest BCUT2D eigenvalue weighted by Gasteiger charge is 2.29. The highest BCUT2D eigenvalue weighted by atomic mass is 32.2. The summed E-state index contributed by atoms with van der Waals surface area (Å²) in [6.07, 6.45) is 1.74. The number of anilines is 1. The first kappa shape index (κ1) is 12.3. The zero-order chi connectivity index (χ0) is 12.6. The predicted molar refractivity (Wildman–Crippen MR) is 63.5 cm³/mol. The van der Waals surface area contributed by atoms with Gasteiger partial charge in [-0.1, -0.05) is 0 Å². The molecular formula is C11H15FN2O2S. The number of halogens is 1. The summed E-state index contributed by atoms with van der Waals surface area (Å²) < 4.78 is 39.1. The molecular weight excluding hydrogens is 243 g/mol. The van der Waals surface area contributed by atoms with Crippen molar-refractivity contribution in [3.63, 3.8) is 0 Å². The summed E-state index contributed by atoms with van der Waals surface area (Å²) in [6, 6.07) is 2.37. The van der Waals surface area contributed by atoms with Crippen LogP contribution in [0.2, 0.25) is 0 Å². The molecule has 0 aliphatic carbocycles. The van der Waals surface area contributed by atoms with Gasteiger partial charge >= 0.3 is 0 Å². The predicted octanol–water partition coefficient (Wildman–Crippen LogP) is 1.50. The van der Waals surface area contributed by atoms with E-state index in [1.807, 2.05) is 0 Å². The van der Waals surface area contributed by atoms with Crippen molar-refractivity contribution in [2.75, 3.05) is 18.8 Å². The molecule has 1 aromatic rings. The standard InChI is InChI=1S/C11H15FN2O2S/c1-8-6-9(12)10(13)7-11(8)17(15,16)14-4-2-3-5-14/h6-7H,2-5,13H2,1H3. The van der Waals surface area contributed by atoms with Gasteiger partial charge in [0.2, 0.25) is 10.0 Å². The summed E-state index contributed by atoms with van der Waals surface area (Å²) in [7, 11) is -3.52. The molecule has 1 heterocycles. The smallest absolute Gasteiger partial charge is 0.243 e. The first-order valence-electron chi connectivity index (χ1n) is 5.48. The van der Waals surface area contributed by atoms with Crippen LogP contribution in [0.5, 0.6) is 0 Å². The van der Waals surface area contributed by atoms with Crippen LogP contribution in [0, 0.1) is 12.7 Å². The van der Waals surface area contributed by atoms with Crippen molar-refractivity contribution in [2.24, 2.45) is 0 Å². The molecule has 0 bridgehead atoms. The van der Waals surface area contributed by atoms with Gasteiger partial charge in [0.15, 0.2) is 0 Å². The second-order valence-electron chi connectivity index (χ2n) is 4.25. The van der Waals surface area contributed by atoms with E-state index in [4.69, 9.17) is 5.73 Å². The maximum atomic E-state index is 13.2. The van der Waals surface area contributed by atoms with Crippen LogP contribution >= 0.6 is 0 Å². The number of hydrogen-bond acceptors (Lipinski definition) is 3. The van der Waals surface area contributed by atoms with Crippen LogP contribution in [0.1, 0.15) is 18.4 Å². The van der Waals surface area contributed by atoms with Gasteiger partial charge in [0, 0.05) is 13.1 Å². The summed E-state index contributed by atoms with van der Waals surface area (Å²) in [4.78, 5) is 0.110. The van der Waals surface area contributed by atoms with E-state index >= 15 is 0 Å². The van der Waals surface area contributed by atoms with Crippen LogP contribution in [0.3, 0.4) is 0 Å². The zero-order valence-corrected chi connectivity index (χ0v) is 10.4. The van der Waals surface area contributed by atoms with Crippen molar-refractivity contribution in [1.29, 1.82) is 0 Å². The Morgan fingerprint density at radius 2 is 1.88 bits per heavy atom. The van der Waals surface area contributed by atoms with Gasteiger partial charge < -0.3 is 5.73 Å². The van der Waals surface area contributed by atoms with Gasteiger partial charge in [0.1, 0.15) is 5.82 Å². The van der Waals surface area contributed by atoms with Gasteiger partial charge in [-0.05, 0) is 37.5 Å². The molecule has 1 saturated heterocycles. The molecule has 0 atom stereocenters. The lowest BCUT2D eigenvalue weighted by atomic mass is 10.2. The number of sulfonamides is 1. The molecule has 17 heavy (non-hydrogen) atoms. The molecule has 2 N–H and O–H groups in total. The Balaban J connectivity index is 2.49. The molecule has 1 aromatic carbocycles. The molecule has 2 rings (SSSR count). The van der Waals surface area contributed by atoms with E-state index in [0.29, 0.717) is 18.7 Å². The van der Waals surface area contributed by atoms with E-state index in [-0.39, 0.29) is 10.6 Å². The first-order chi connectivity index (χ1) is 7.93. The number of nitrogen functional groups attached to an aromatic ring is 1. The summed E-state index contributed by atoms with van der Waals surface area (Å²) in [5.41, 5.74) is 5.69. The number of benzene rings is 1. The van der Waals surface area contributed by atoms with Gasteiger partial charge in [-0.3, -0.25) is 0 Å². The lowest BCUT2D eigenvalue weighted by Gasteiger charge is -2.17. The van der Waals surface area contributed by atoms with E-state index in [1.54, 1.807) is 6.92 Å². The molecule has 1 aliphatic rings. The lowest BCUT2D eigenvalue weighted by Crippen LogP contribution is -2.28. The van der Waals surface area contributed by atoms with Crippen molar-refractivity contribution in [3.05, 3.63) is 23.5 Å². The molecule has 0 amide bonds. The third-order valence-electron chi connectivity index (χ3n) is 2.98. The summed E-state index contributed by atoms with van der Waals surface area (Å²) >= 11 is 0. The molecule has 0 spiro atoms. The average Bonchev–Trinajstić information content (AvgIpc) is 2.77. The Hall–Kier alpha value is -1.14. The Morgan fingerprint density at radius 3 is 2.47 bits per heavy atom. The highest BCUT2D eigenvalue weighted by molar-refractivity contribution is 7.89. The average molecular weight is 258 g/mol. The minimum absolute atomic E-state index is 0.110. The molecule has 6 heteroatoms. The van der Waals surface area contributed by atoms with Crippen molar-refractivity contribution in [2.45, 2.75) is 24.7 Å². The Kier molecular flexibility index (Phi) is 3.09. The van der Waals surface area contributed by atoms with Crippen LogP contribution in [0.25, 0.3) is 0 Å². The number of nitrogens with zero attached hydrogens (tertiary/aromatic N) is 1. The number of hydrogen-bond donors (Lipinski definition) is 1. The fraction of sp³-hybridized carbons (Fsp3) is 0.455. The zero-order valence-electron chi connectivity index (χ0n) is 9.61. The molecule has 0 aromatic heterocycles. The summed E-state index contributed by atoms with van der Waals surface area (Å²) in [6.45, 7) is 2.63. The first-order valence-corrected chi connectivity index (χ1v) is 6.92. The molecule has 0 radical (unpaired) electrons. The van der Waals surface area contributed by atoms with E-state index in [1.165, 1.54) is 10.4 Å². The van der Waals surface area contributed by atoms with Gasteiger partial charge in [-0.2, -0.15) is 4.31 Å². The minimum Gasteiger partial charge on any atom is -0.396 e. The normalized spacial score (nSPS) is 17.5. The van der Waals surface area contributed by atoms with Crippen molar-refractivity contribution < 1.29 is 12.8 Å². The molecule has 1 fully saturated rings. The van der Waals surface area contributed by atoms with Crippen LogP contribution in [0.15, 0.2) is 17.0 Å². The number of rotatable bonds is 2. The fourth-order valence-electron chi connectivity index (χ4n) is 2.01. The van der Waals surface area contributed by atoms with Crippen LogP contribution in [-0.2, 0) is 10.0 Å². The quantitative estimate of drug-likeness (QED) is 0.818.